The topological polar surface area (TPSA) is 154 Å². The molecule has 14 heteroatoms. The van der Waals surface area contributed by atoms with Gasteiger partial charge in [-0.3, -0.25) is 15.0 Å². The molecule has 0 spiro atoms. The van der Waals surface area contributed by atoms with Crippen LogP contribution in [0.15, 0.2) is 97.5 Å². The Morgan fingerprint density at radius 2 is 1.60 bits per heavy atom. The van der Waals surface area contributed by atoms with Gasteiger partial charge in [0.05, 0.1) is 29.5 Å². The normalized spacial score (nSPS) is 13.6. The quantitative estimate of drug-likeness (QED) is 0.105. The highest BCUT2D eigenvalue weighted by Crippen LogP contribution is 2.33. The number of anilines is 4. The molecular formula is C43H49N11O3. The number of rotatable bonds is 12. The fraction of sp³-hybridized carbons (Fsp3) is 0.302. The first-order chi connectivity index (χ1) is 27.5. The van der Waals surface area contributed by atoms with Crippen molar-refractivity contribution in [1.29, 1.82) is 0 Å². The molecule has 1 aliphatic rings. The first-order valence-corrected chi connectivity index (χ1v) is 19.1. The van der Waals surface area contributed by atoms with Gasteiger partial charge >= 0.3 is 6.03 Å². The van der Waals surface area contributed by atoms with Crippen molar-refractivity contribution in [1.82, 2.24) is 39.8 Å². The van der Waals surface area contributed by atoms with E-state index in [0.29, 0.717) is 35.4 Å². The third-order valence-corrected chi connectivity index (χ3v) is 9.80. The minimum atomic E-state index is -0.390. The molecule has 0 saturated carbocycles. The van der Waals surface area contributed by atoms with Gasteiger partial charge in [0, 0.05) is 67.7 Å². The molecule has 0 radical (unpaired) electrons. The summed E-state index contributed by atoms with van der Waals surface area (Å²) in [5, 5.41) is 18.7. The Morgan fingerprint density at radius 3 is 2.33 bits per heavy atom. The van der Waals surface area contributed by atoms with Gasteiger partial charge in [-0.2, -0.15) is 5.10 Å². The number of fused-ring (bicyclic) bond motifs is 1. The number of urea groups is 1. The third kappa shape index (κ3) is 9.90. The number of aryl methyl sites for hydroxylation is 1. The van der Waals surface area contributed by atoms with Gasteiger partial charge in [-0.15, -0.1) is 0 Å². The summed E-state index contributed by atoms with van der Waals surface area (Å²) in [5.74, 6) is 2.00. The molecule has 4 heterocycles. The summed E-state index contributed by atoms with van der Waals surface area (Å²) in [7, 11) is 2.12. The number of nitrogens with one attached hydrogen (secondary N) is 4. The summed E-state index contributed by atoms with van der Waals surface area (Å²) in [5.41, 5.74) is 4.41. The van der Waals surface area contributed by atoms with E-state index in [-0.39, 0.29) is 23.6 Å². The van der Waals surface area contributed by atoms with Crippen molar-refractivity contribution in [2.75, 3.05) is 62.3 Å². The van der Waals surface area contributed by atoms with Gasteiger partial charge in [0.1, 0.15) is 35.5 Å². The van der Waals surface area contributed by atoms with Crippen LogP contribution in [0.2, 0.25) is 0 Å². The second-order valence-electron chi connectivity index (χ2n) is 15.3. The lowest BCUT2D eigenvalue weighted by Gasteiger charge is -2.32. The van der Waals surface area contributed by atoms with Crippen LogP contribution in [0.3, 0.4) is 0 Å². The number of carbonyl (C=O) groups excluding carboxylic acids is 2. The maximum Gasteiger partial charge on any atom is 0.324 e. The zero-order chi connectivity index (χ0) is 39.9. The van der Waals surface area contributed by atoms with Crippen LogP contribution in [0.25, 0.3) is 16.5 Å². The van der Waals surface area contributed by atoms with E-state index in [2.05, 4.69) is 73.8 Å². The summed E-state index contributed by atoms with van der Waals surface area (Å²) in [6, 6.07) is 24.8. The first-order valence-electron chi connectivity index (χ1n) is 19.1. The number of amides is 3. The second kappa shape index (κ2) is 17.2. The largest absolute Gasteiger partial charge is 0.488 e. The van der Waals surface area contributed by atoms with Crippen molar-refractivity contribution >= 4 is 45.9 Å². The summed E-state index contributed by atoms with van der Waals surface area (Å²) < 4.78 is 8.08. The third-order valence-electron chi connectivity index (χ3n) is 9.80. The number of pyridine rings is 1. The Balaban J connectivity index is 0.964. The van der Waals surface area contributed by atoms with E-state index in [4.69, 9.17) is 9.84 Å². The van der Waals surface area contributed by atoms with E-state index in [9.17, 15) is 9.59 Å². The molecular weight excluding hydrogens is 719 g/mol. The fourth-order valence-corrected chi connectivity index (χ4v) is 6.42. The standard InChI is InChI=1S/C43H49N11O3/c1-29-10-12-31(13-11-29)54-40(25-37(51-54)43(2,3)4)50-42(56)48-34-14-15-36(33-9-7-6-8-32(33)34)57-28-30-16-17-44-38(24-30)49-39-27-46-35(26-47-39)41(55)45-18-19-53-22-20-52(5)21-23-53/h6-17,24-27H,18-23,28H2,1-5H3,(H,45,55)(H,44,47,49)(H2,48,50,56). The van der Waals surface area contributed by atoms with E-state index in [1.54, 1.807) is 10.9 Å². The molecule has 0 unspecified atom stereocenters. The number of carbonyl (C=O) groups is 2. The van der Waals surface area contributed by atoms with Gasteiger partial charge < -0.3 is 25.6 Å². The molecule has 0 bridgehead atoms. The Bertz CT molecular complexity index is 2330. The summed E-state index contributed by atoms with van der Waals surface area (Å²) in [6.45, 7) is 14.0. The Kier molecular flexibility index (Phi) is 11.7. The molecule has 6 aromatic rings. The summed E-state index contributed by atoms with van der Waals surface area (Å²) in [6.07, 6.45) is 4.66. The molecule has 3 amide bonds. The van der Waals surface area contributed by atoms with Crippen LogP contribution in [-0.4, -0.2) is 92.8 Å². The monoisotopic (exact) mass is 767 g/mol. The van der Waals surface area contributed by atoms with Crippen molar-refractivity contribution in [2.45, 2.75) is 39.7 Å². The van der Waals surface area contributed by atoms with Gasteiger partial charge in [-0.25, -0.2) is 24.4 Å². The van der Waals surface area contributed by atoms with Crippen LogP contribution in [0, 0.1) is 6.92 Å². The lowest BCUT2D eigenvalue weighted by atomic mass is 9.92. The van der Waals surface area contributed by atoms with E-state index in [0.717, 1.165) is 66.0 Å². The van der Waals surface area contributed by atoms with Crippen molar-refractivity contribution in [3.8, 4) is 11.4 Å². The number of aromatic nitrogens is 5. The van der Waals surface area contributed by atoms with Crippen LogP contribution in [-0.2, 0) is 12.0 Å². The highest BCUT2D eigenvalue weighted by Gasteiger charge is 2.22. The minimum Gasteiger partial charge on any atom is -0.488 e. The van der Waals surface area contributed by atoms with Gasteiger partial charge in [0.2, 0.25) is 0 Å². The first kappa shape index (κ1) is 38.9. The Labute approximate surface area is 332 Å². The molecule has 7 rings (SSSR count). The van der Waals surface area contributed by atoms with E-state index >= 15 is 0 Å². The van der Waals surface area contributed by atoms with Crippen molar-refractivity contribution in [2.24, 2.45) is 0 Å². The molecule has 57 heavy (non-hydrogen) atoms. The number of piperazine rings is 1. The van der Waals surface area contributed by atoms with Crippen LogP contribution in [0.1, 0.15) is 48.1 Å². The molecule has 3 aromatic heterocycles. The fourth-order valence-electron chi connectivity index (χ4n) is 6.42. The molecule has 14 nitrogen and oxygen atoms in total. The average molecular weight is 768 g/mol. The maximum atomic E-state index is 13.5. The van der Waals surface area contributed by atoms with Gasteiger partial charge in [0.15, 0.2) is 0 Å². The Morgan fingerprint density at radius 1 is 0.825 bits per heavy atom. The Hall–Kier alpha value is -6.38. The van der Waals surface area contributed by atoms with Gasteiger partial charge in [-0.1, -0.05) is 62.7 Å². The number of ether oxygens (including phenoxy) is 1. The van der Waals surface area contributed by atoms with E-state index in [1.807, 2.05) is 85.8 Å². The molecule has 1 fully saturated rings. The zero-order valence-electron chi connectivity index (χ0n) is 33.0. The van der Waals surface area contributed by atoms with E-state index in [1.165, 1.54) is 12.4 Å². The van der Waals surface area contributed by atoms with Crippen molar-refractivity contribution in [3.63, 3.8) is 0 Å². The number of benzene rings is 3. The van der Waals surface area contributed by atoms with Crippen molar-refractivity contribution < 1.29 is 14.3 Å². The lowest BCUT2D eigenvalue weighted by molar-refractivity contribution is 0.0935. The van der Waals surface area contributed by atoms with Gasteiger partial charge in [-0.05, 0) is 55.9 Å². The molecule has 294 valence electrons. The maximum absolute atomic E-state index is 13.5. The van der Waals surface area contributed by atoms with Crippen LogP contribution in [0.4, 0.5) is 27.9 Å². The second-order valence-corrected chi connectivity index (χ2v) is 15.3. The molecule has 1 saturated heterocycles. The predicted octanol–water partition coefficient (Wildman–Crippen LogP) is 6.76. The number of hydrogen-bond acceptors (Lipinski definition) is 10. The highest BCUT2D eigenvalue weighted by molar-refractivity contribution is 6.07. The zero-order valence-corrected chi connectivity index (χ0v) is 33.0. The van der Waals surface area contributed by atoms with Crippen LogP contribution < -0.4 is 26.0 Å². The smallest absolute Gasteiger partial charge is 0.324 e. The van der Waals surface area contributed by atoms with E-state index < -0.39 is 6.03 Å². The lowest BCUT2D eigenvalue weighted by Crippen LogP contribution is -2.46. The number of likely N-dealkylation sites (N-methyl/N-ethyl adjacent to an activating group) is 1. The average Bonchev–Trinajstić information content (AvgIpc) is 3.63. The summed E-state index contributed by atoms with van der Waals surface area (Å²) >= 11 is 0. The number of hydrogen-bond donors (Lipinski definition) is 4. The van der Waals surface area contributed by atoms with Crippen LogP contribution in [0.5, 0.6) is 5.75 Å². The van der Waals surface area contributed by atoms with Crippen LogP contribution >= 0.6 is 0 Å². The molecule has 1 aliphatic heterocycles. The van der Waals surface area contributed by atoms with Gasteiger partial charge in [0.25, 0.3) is 5.91 Å². The highest BCUT2D eigenvalue weighted by atomic mass is 16.5. The summed E-state index contributed by atoms with van der Waals surface area (Å²) in [4.78, 5) is 43.9. The van der Waals surface area contributed by atoms with Crippen molar-refractivity contribution in [3.05, 3.63) is 120 Å². The number of nitrogens with zero attached hydrogens (tertiary/aromatic N) is 7. The molecule has 0 atom stereocenters. The molecule has 3 aromatic carbocycles. The minimum absolute atomic E-state index is 0.213. The molecule has 4 N–H and O–H groups in total. The SMILES string of the molecule is Cc1ccc(-n2nc(C(C)(C)C)cc2NC(=O)Nc2ccc(OCc3ccnc(Nc4cnc(C(=O)NCCN5CCN(C)CC5)cn4)c3)c3ccccc23)cc1. The predicted molar refractivity (Wildman–Crippen MR) is 224 cm³/mol. The molecule has 0 aliphatic carbocycles.